The monoisotopic (exact) mass is 349 g/mol. The van der Waals surface area contributed by atoms with Gasteiger partial charge in [0.1, 0.15) is 6.10 Å². The number of hydrogen-bond donors (Lipinski definition) is 1. The molecule has 0 aliphatic rings. The normalized spacial score (nSPS) is 12.0. The summed E-state index contributed by atoms with van der Waals surface area (Å²) in [6.07, 6.45) is 0.741. The molecule has 0 saturated carbocycles. The summed E-state index contributed by atoms with van der Waals surface area (Å²) >= 11 is 3.54. The van der Waals surface area contributed by atoms with Gasteiger partial charge in [0.15, 0.2) is 11.5 Å². The Morgan fingerprint density at radius 2 is 1.71 bits per heavy atom. The third-order valence-corrected chi connectivity index (χ3v) is 3.77. The lowest BCUT2D eigenvalue weighted by Gasteiger charge is -2.21. The van der Waals surface area contributed by atoms with Crippen LogP contribution in [0, 0.1) is 0 Å². The molecule has 0 spiro atoms. The third kappa shape index (κ3) is 4.22. The molecular formula is C17H20BrNO2. The predicted molar refractivity (Wildman–Crippen MR) is 88.8 cm³/mol. The van der Waals surface area contributed by atoms with Gasteiger partial charge in [-0.3, -0.25) is 0 Å². The van der Waals surface area contributed by atoms with Gasteiger partial charge >= 0.3 is 0 Å². The lowest BCUT2D eigenvalue weighted by Crippen LogP contribution is -2.19. The maximum atomic E-state index is 6.08. The molecule has 0 aliphatic heterocycles. The largest absolute Gasteiger partial charge is 0.490 e. The first-order chi connectivity index (χ1) is 10.3. The number of ether oxygens (including phenoxy) is 2. The molecule has 2 aromatic carbocycles. The predicted octanol–water partition coefficient (Wildman–Crippen LogP) is 4.32. The van der Waals surface area contributed by atoms with Crippen molar-refractivity contribution in [2.24, 2.45) is 5.73 Å². The van der Waals surface area contributed by atoms with Gasteiger partial charge in [0.05, 0.1) is 6.61 Å². The minimum absolute atomic E-state index is 0.216. The molecular weight excluding hydrogens is 330 g/mol. The van der Waals surface area contributed by atoms with Crippen molar-refractivity contribution < 1.29 is 9.47 Å². The second-order valence-corrected chi connectivity index (χ2v) is 5.51. The van der Waals surface area contributed by atoms with E-state index in [1.165, 1.54) is 0 Å². The molecule has 0 fully saturated rings. The van der Waals surface area contributed by atoms with E-state index in [2.05, 4.69) is 22.9 Å². The van der Waals surface area contributed by atoms with E-state index in [1.807, 2.05) is 48.5 Å². The van der Waals surface area contributed by atoms with Crippen molar-refractivity contribution in [3.05, 3.63) is 58.6 Å². The van der Waals surface area contributed by atoms with Crippen LogP contribution in [0.2, 0.25) is 0 Å². The van der Waals surface area contributed by atoms with Gasteiger partial charge in [-0.1, -0.05) is 53.2 Å². The topological polar surface area (TPSA) is 44.5 Å². The van der Waals surface area contributed by atoms with E-state index in [1.54, 1.807) is 0 Å². The van der Waals surface area contributed by atoms with Gasteiger partial charge in [0.2, 0.25) is 0 Å². The van der Waals surface area contributed by atoms with Gasteiger partial charge in [-0.15, -0.1) is 0 Å². The zero-order valence-electron chi connectivity index (χ0n) is 12.1. The molecule has 1 unspecified atom stereocenters. The van der Waals surface area contributed by atoms with Crippen molar-refractivity contribution in [2.45, 2.75) is 19.4 Å². The Kier molecular flexibility index (Phi) is 6.08. The fraction of sp³-hybridized carbons (Fsp3) is 0.294. The average molecular weight is 350 g/mol. The minimum atomic E-state index is -0.216. The molecule has 112 valence electrons. The van der Waals surface area contributed by atoms with Crippen molar-refractivity contribution in [1.29, 1.82) is 0 Å². The number of benzene rings is 2. The molecule has 0 saturated heterocycles. The molecule has 2 N–H and O–H groups in total. The summed E-state index contributed by atoms with van der Waals surface area (Å²) in [5.74, 6) is 1.47. The molecule has 21 heavy (non-hydrogen) atoms. The van der Waals surface area contributed by atoms with Crippen LogP contribution in [0.15, 0.2) is 53.0 Å². The summed E-state index contributed by atoms with van der Waals surface area (Å²) in [7, 11) is 0. The fourth-order valence-electron chi connectivity index (χ4n) is 2.01. The first-order valence-electron chi connectivity index (χ1n) is 7.09. The fourth-order valence-corrected chi connectivity index (χ4v) is 2.55. The van der Waals surface area contributed by atoms with Gasteiger partial charge in [-0.05, 0) is 24.6 Å². The summed E-state index contributed by atoms with van der Waals surface area (Å²) in [4.78, 5) is 0. The molecule has 4 heteroatoms. The van der Waals surface area contributed by atoms with Crippen LogP contribution in [0.4, 0.5) is 0 Å². The summed E-state index contributed by atoms with van der Waals surface area (Å²) in [5, 5.41) is 0. The first kappa shape index (κ1) is 15.9. The van der Waals surface area contributed by atoms with Crippen LogP contribution >= 0.6 is 15.9 Å². The highest BCUT2D eigenvalue weighted by atomic mass is 79.9. The lowest BCUT2D eigenvalue weighted by molar-refractivity contribution is 0.198. The molecule has 2 aromatic rings. The minimum Gasteiger partial charge on any atom is -0.490 e. The van der Waals surface area contributed by atoms with E-state index in [-0.39, 0.29) is 6.10 Å². The van der Waals surface area contributed by atoms with Crippen molar-refractivity contribution in [1.82, 2.24) is 0 Å². The van der Waals surface area contributed by atoms with Crippen molar-refractivity contribution in [2.75, 3.05) is 13.2 Å². The Balaban J connectivity index is 2.21. The molecule has 0 aromatic heterocycles. The smallest absolute Gasteiger partial charge is 0.162 e. The number of rotatable bonds is 7. The Hall–Kier alpha value is -1.52. The highest BCUT2D eigenvalue weighted by Crippen LogP contribution is 2.32. The number of para-hydroxylation sites is 2. The van der Waals surface area contributed by atoms with Crippen LogP contribution < -0.4 is 15.2 Å². The number of hydrogen-bond acceptors (Lipinski definition) is 3. The van der Waals surface area contributed by atoms with E-state index in [9.17, 15) is 0 Å². The SMILES string of the molecule is CCCOc1ccccc1OC(CN)c1ccccc1Br. The maximum absolute atomic E-state index is 6.08. The second-order valence-electron chi connectivity index (χ2n) is 4.66. The van der Waals surface area contributed by atoms with Crippen LogP contribution in [0.3, 0.4) is 0 Å². The van der Waals surface area contributed by atoms with E-state index in [4.69, 9.17) is 15.2 Å². The van der Waals surface area contributed by atoms with Gasteiger partial charge in [-0.25, -0.2) is 0 Å². The molecule has 0 radical (unpaired) electrons. The Morgan fingerprint density at radius 1 is 1.05 bits per heavy atom. The number of nitrogens with two attached hydrogens (primary N) is 1. The van der Waals surface area contributed by atoms with Crippen LogP contribution in [-0.4, -0.2) is 13.2 Å². The van der Waals surface area contributed by atoms with Crippen molar-refractivity contribution in [3.8, 4) is 11.5 Å². The van der Waals surface area contributed by atoms with Crippen molar-refractivity contribution in [3.63, 3.8) is 0 Å². The Bertz CT molecular complexity index is 574. The maximum Gasteiger partial charge on any atom is 0.162 e. The van der Waals surface area contributed by atoms with Crippen LogP contribution in [-0.2, 0) is 0 Å². The molecule has 3 nitrogen and oxygen atoms in total. The molecule has 0 amide bonds. The van der Waals surface area contributed by atoms with E-state index in [0.717, 1.165) is 28.0 Å². The van der Waals surface area contributed by atoms with Gasteiger partial charge < -0.3 is 15.2 Å². The van der Waals surface area contributed by atoms with E-state index < -0.39 is 0 Å². The molecule has 0 heterocycles. The van der Waals surface area contributed by atoms with E-state index in [0.29, 0.717) is 13.2 Å². The van der Waals surface area contributed by atoms with Crippen LogP contribution in [0.1, 0.15) is 25.0 Å². The van der Waals surface area contributed by atoms with Crippen LogP contribution in [0.25, 0.3) is 0 Å². The molecule has 0 bridgehead atoms. The zero-order chi connectivity index (χ0) is 15.1. The first-order valence-corrected chi connectivity index (χ1v) is 7.88. The second kappa shape index (κ2) is 8.05. The Morgan fingerprint density at radius 3 is 2.38 bits per heavy atom. The summed E-state index contributed by atoms with van der Waals surface area (Å²) in [6.45, 7) is 3.14. The summed E-state index contributed by atoms with van der Waals surface area (Å²) < 4.78 is 12.8. The van der Waals surface area contributed by atoms with Gasteiger partial charge in [-0.2, -0.15) is 0 Å². The summed E-state index contributed by atoms with van der Waals surface area (Å²) in [6, 6.07) is 15.6. The number of halogens is 1. The third-order valence-electron chi connectivity index (χ3n) is 3.05. The Labute approximate surface area is 134 Å². The molecule has 0 aliphatic carbocycles. The average Bonchev–Trinajstić information content (AvgIpc) is 2.52. The van der Waals surface area contributed by atoms with Crippen molar-refractivity contribution >= 4 is 15.9 Å². The van der Waals surface area contributed by atoms with Gasteiger partial charge in [0, 0.05) is 16.6 Å². The zero-order valence-corrected chi connectivity index (χ0v) is 13.7. The molecule has 2 rings (SSSR count). The summed E-state index contributed by atoms with van der Waals surface area (Å²) in [5.41, 5.74) is 6.92. The van der Waals surface area contributed by atoms with Gasteiger partial charge in [0.25, 0.3) is 0 Å². The molecule has 1 atom stereocenters. The highest BCUT2D eigenvalue weighted by molar-refractivity contribution is 9.10. The van der Waals surface area contributed by atoms with Crippen LogP contribution in [0.5, 0.6) is 11.5 Å². The lowest BCUT2D eigenvalue weighted by atomic mass is 10.1. The highest BCUT2D eigenvalue weighted by Gasteiger charge is 2.16. The quantitative estimate of drug-likeness (QED) is 0.809. The standard InChI is InChI=1S/C17H20BrNO2/c1-2-11-20-15-9-5-6-10-16(15)21-17(12-19)13-7-3-4-8-14(13)18/h3-10,17H,2,11-12,19H2,1H3. The van der Waals surface area contributed by atoms with E-state index >= 15 is 0 Å².